The minimum atomic E-state index is -3.85. The van der Waals surface area contributed by atoms with Gasteiger partial charge in [0, 0.05) is 43.1 Å². The molecule has 0 saturated carbocycles. The van der Waals surface area contributed by atoms with Crippen LogP contribution in [0.25, 0.3) is 33.5 Å². The van der Waals surface area contributed by atoms with Crippen molar-refractivity contribution in [1.29, 1.82) is 0 Å². The van der Waals surface area contributed by atoms with E-state index in [4.69, 9.17) is 20.6 Å². The summed E-state index contributed by atoms with van der Waals surface area (Å²) in [5.74, 6) is 0.281. The van der Waals surface area contributed by atoms with Gasteiger partial charge in [-0.3, -0.25) is 14.6 Å². The van der Waals surface area contributed by atoms with Crippen molar-refractivity contribution in [3.8, 4) is 28.5 Å². The number of nitrogens with one attached hydrogen (secondary N) is 1. The second-order valence-corrected chi connectivity index (χ2v) is 9.69. The zero-order chi connectivity index (χ0) is 26.0. The molecule has 5 N–H and O–H groups in total. The Kier molecular flexibility index (Phi) is 6.38. The predicted molar refractivity (Wildman–Crippen MR) is 139 cm³/mol. The van der Waals surface area contributed by atoms with Crippen molar-refractivity contribution in [2.24, 2.45) is 12.2 Å². The number of primary sulfonamides is 1. The third-order valence-electron chi connectivity index (χ3n) is 5.43. The van der Waals surface area contributed by atoms with Crippen LogP contribution >= 0.6 is 0 Å². The second-order valence-electron chi connectivity index (χ2n) is 8.13. The van der Waals surface area contributed by atoms with Gasteiger partial charge in [-0.1, -0.05) is 12.1 Å². The summed E-state index contributed by atoms with van der Waals surface area (Å²) < 4.78 is 30.6. The fraction of sp³-hybridized carbons (Fsp3) is 0.125. The summed E-state index contributed by atoms with van der Waals surface area (Å²) in [7, 11) is -2.03. The minimum Gasteiger partial charge on any atom is -0.473 e. The number of hydrogen-bond donors (Lipinski definition) is 3. The molecule has 1 aromatic carbocycles. The highest BCUT2D eigenvalue weighted by Gasteiger charge is 2.19. The van der Waals surface area contributed by atoms with E-state index in [1.807, 2.05) is 49.6 Å². The molecule has 4 heterocycles. The zero-order valence-corrected chi connectivity index (χ0v) is 20.6. The van der Waals surface area contributed by atoms with E-state index in [0.717, 1.165) is 16.5 Å². The second kappa shape index (κ2) is 9.79. The van der Waals surface area contributed by atoms with Gasteiger partial charge in [0.2, 0.25) is 10.0 Å². The van der Waals surface area contributed by atoms with E-state index >= 15 is 0 Å². The number of anilines is 2. The van der Waals surface area contributed by atoms with Crippen LogP contribution in [0.15, 0.2) is 72.1 Å². The lowest BCUT2D eigenvalue weighted by Gasteiger charge is -2.13. The molecule has 0 unspecified atom stereocenters. The Morgan fingerprint density at radius 1 is 1.08 bits per heavy atom. The monoisotopic (exact) mass is 517 g/mol. The van der Waals surface area contributed by atoms with Crippen LogP contribution in [0.2, 0.25) is 0 Å². The highest BCUT2D eigenvalue weighted by Crippen LogP contribution is 2.33. The first-order valence-electron chi connectivity index (χ1n) is 11.1. The maximum Gasteiger partial charge on any atom is 0.257 e. The van der Waals surface area contributed by atoms with Crippen molar-refractivity contribution in [3.63, 3.8) is 0 Å². The molecule has 37 heavy (non-hydrogen) atoms. The maximum atomic E-state index is 11.5. The van der Waals surface area contributed by atoms with Gasteiger partial charge in [-0.2, -0.15) is 5.10 Å². The van der Waals surface area contributed by atoms with Crippen molar-refractivity contribution >= 4 is 32.4 Å². The molecule has 188 valence electrons. The van der Waals surface area contributed by atoms with Gasteiger partial charge in [0.05, 0.1) is 17.4 Å². The van der Waals surface area contributed by atoms with E-state index in [2.05, 4.69) is 25.4 Å². The zero-order valence-electron chi connectivity index (χ0n) is 19.7. The number of nitrogens with two attached hydrogens (primary N) is 2. The smallest absolute Gasteiger partial charge is 0.257 e. The summed E-state index contributed by atoms with van der Waals surface area (Å²) in [6.45, 7) is 0.484. The number of pyridine rings is 2. The van der Waals surface area contributed by atoms with Gasteiger partial charge >= 0.3 is 0 Å². The Labute approximate surface area is 212 Å². The number of nitrogens with zero attached hydrogens (tertiary/aromatic N) is 6. The first kappa shape index (κ1) is 24.1. The average Bonchev–Trinajstić information content (AvgIpc) is 3.32. The molecule has 5 rings (SSSR count). The van der Waals surface area contributed by atoms with Crippen LogP contribution in [0.3, 0.4) is 0 Å². The largest absolute Gasteiger partial charge is 0.473 e. The third kappa shape index (κ3) is 5.32. The van der Waals surface area contributed by atoms with Gasteiger partial charge in [0.1, 0.15) is 28.6 Å². The molecular weight excluding hydrogens is 494 g/mol. The number of aromatic nitrogens is 6. The molecule has 12 nitrogen and oxygen atoms in total. The molecular formula is C24H23N9O3S. The molecule has 5 aromatic rings. The molecule has 0 atom stereocenters. The van der Waals surface area contributed by atoms with Crippen molar-refractivity contribution in [2.75, 3.05) is 24.2 Å². The Bertz CT molecular complexity index is 1700. The van der Waals surface area contributed by atoms with Crippen LogP contribution in [-0.4, -0.2) is 51.3 Å². The Morgan fingerprint density at radius 2 is 1.95 bits per heavy atom. The maximum absolute atomic E-state index is 11.5. The SMILES string of the molecule is Cn1ccc(-c2nc(N)c(OCCNc3cncc(S(N)(=O)=O)c3)nc2-c2ccc3ncccc3c2)n1. The highest BCUT2D eigenvalue weighted by atomic mass is 32.2. The fourth-order valence-corrected chi connectivity index (χ4v) is 4.20. The van der Waals surface area contributed by atoms with Crippen LogP contribution in [0.1, 0.15) is 0 Å². The topological polar surface area (TPSA) is 177 Å². The predicted octanol–water partition coefficient (Wildman–Crippen LogP) is 2.21. The molecule has 0 aliphatic heterocycles. The molecule has 0 aliphatic rings. The van der Waals surface area contributed by atoms with E-state index in [1.54, 1.807) is 10.9 Å². The lowest BCUT2D eigenvalue weighted by Crippen LogP contribution is -2.15. The summed E-state index contributed by atoms with van der Waals surface area (Å²) in [4.78, 5) is 17.5. The number of benzene rings is 1. The Hall–Kier alpha value is -4.62. The van der Waals surface area contributed by atoms with E-state index in [9.17, 15) is 8.42 Å². The molecule has 4 aromatic heterocycles. The summed E-state index contributed by atoms with van der Waals surface area (Å²) in [6, 6.07) is 12.9. The Balaban J connectivity index is 1.41. The van der Waals surface area contributed by atoms with E-state index in [1.165, 1.54) is 18.5 Å². The van der Waals surface area contributed by atoms with Crippen LogP contribution in [-0.2, 0) is 17.1 Å². The molecule has 0 spiro atoms. The lowest BCUT2D eigenvalue weighted by molar-refractivity contribution is 0.321. The number of fused-ring (bicyclic) bond motifs is 1. The van der Waals surface area contributed by atoms with Crippen molar-refractivity contribution in [1.82, 2.24) is 29.7 Å². The molecule has 0 bridgehead atoms. The van der Waals surface area contributed by atoms with Gasteiger partial charge in [0.15, 0.2) is 5.82 Å². The van der Waals surface area contributed by atoms with Crippen molar-refractivity contribution in [3.05, 3.63) is 67.3 Å². The Morgan fingerprint density at radius 3 is 2.73 bits per heavy atom. The fourth-order valence-electron chi connectivity index (χ4n) is 3.70. The van der Waals surface area contributed by atoms with Crippen molar-refractivity contribution in [2.45, 2.75) is 4.90 Å². The van der Waals surface area contributed by atoms with Crippen molar-refractivity contribution < 1.29 is 13.2 Å². The quantitative estimate of drug-likeness (QED) is 0.259. The van der Waals surface area contributed by atoms with E-state index in [0.29, 0.717) is 29.3 Å². The summed E-state index contributed by atoms with van der Waals surface area (Å²) in [5.41, 5.74) is 10.1. The van der Waals surface area contributed by atoms with E-state index < -0.39 is 10.0 Å². The molecule has 0 aliphatic carbocycles. The van der Waals surface area contributed by atoms with Gasteiger partial charge in [-0.15, -0.1) is 0 Å². The summed E-state index contributed by atoms with van der Waals surface area (Å²) in [6.07, 6.45) is 6.22. The normalized spacial score (nSPS) is 11.5. The first-order valence-corrected chi connectivity index (χ1v) is 12.7. The van der Waals surface area contributed by atoms with E-state index in [-0.39, 0.29) is 23.2 Å². The number of ether oxygens (including phenoxy) is 1. The first-order chi connectivity index (χ1) is 17.8. The molecule has 0 radical (unpaired) electrons. The number of nitrogen functional groups attached to an aromatic ring is 1. The van der Waals surface area contributed by atoms with Crippen LogP contribution in [0, 0.1) is 0 Å². The number of sulfonamides is 1. The number of hydrogen-bond acceptors (Lipinski definition) is 10. The van der Waals surface area contributed by atoms with Gasteiger partial charge < -0.3 is 15.8 Å². The van der Waals surface area contributed by atoms with Gasteiger partial charge in [-0.05, 0) is 30.3 Å². The minimum absolute atomic E-state index is 0.0890. The summed E-state index contributed by atoms with van der Waals surface area (Å²) in [5, 5.41) is 13.6. The highest BCUT2D eigenvalue weighted by molar-refractivity contribution is 7.89. The lowest BCUT2D eigenvalue weighted by atomic mass is 10.0. The van der Waals surface area contributed by atoms with Crippen LogP contribution in [0.4, 0.5) is 11.5 Å². The third-order valence-corrected chi connectivity index (χ3v) is 6.31. The average molecular weight is 518 g/mol. The van der Waals surface area contributed by atoms with Crippen LogP contribution < -0.4 is 20.9 Å². The number of rotatable bonds is 8. The molecule has 0 saturated heterocycles. The summed E-state index contributed by atoms with van der Waals surface area (Å²) >= 11 is 0. The molecule has 0 fully saturated rings. The van der Waals surface area contributed by atoms with Gasteiger partial charge in [0.25, 0.3) is 5.88 Å². The van der Waals surface area contributed by atoms with Gasteiger partial charge in [-0.25, -0.2) is 23.5 Å². The van der Waals surface area contributed by atoms with Crippen LogP contribution in [0.5, 0.6) is 5.88 Å². The molecule has 13 heteroatoms. The number of aryl methyl sites for hydroxylation is 1. The standard InChI is InChI=1S/C24H23N9O3S/c1-33-9-6-20(32-33)22-21(16-4-5-19-15(11-16)3-2-7-29-19)31-24(23(25)30-22)36-10-8-28-17-12-18(14-27-13-17)37(26,34)35/h2-7,9,11-14,28H,8,10H2,1H3,(H2,25,30)(H2,26,34,35). The molecule has 0 amide bonds.